The van der Waals surface area contributed by atoms with Crippen LogP contribution in [0.15, 0.2) is 70.4 Å². The van der Waals surface area contributed by atoms with Crippen molar-refractivity contribution in [3.05, 3.63) is 88.2 Å². The normalized spacial score (nSPS) is 10.8. The Morgan fingerprint density at radius 1 is 1.00 bits per heavy atom. The average molecular weight is 402 g/mol. The van der Waals surface area contributed by atoms with Crippen LogP contribution in [0.4, 0.5) is 0 Å². The molecule has 0 spiro atoms. The number of halogens is 1. The molecule has 25 heavy (non-hydrogen) atoms. The number of ether oxygens (including phenoxy) is 1. The van der Waals surface area contributed by atoms with Crippen molar-refractivity contribution in [1.29, 1.82) is 0 Å². The fourth-order valence-corrected chi connectivity index (χ4v) is 2.99. The molecule has 2 aromatic heterocycles. The smallest absolute Gasteiger partial charge is 0.254 e. The topological polar surface area (TPSA) is 44.4 Å². The minimum Gasteiger partial charge on any atom is -0.489 e. The molecule has 0 saturated heterocycles. The van der Waals surface area contributed by atoms with Crippen LogP contribution in [-0.2, 0) is 26.0 Å². The lowest BCUT2D eigenvalue weighted by molar-refractivity contribution is 0.303. The SMILES string of the molecule is O=c1cc(OCc2ccoc2)ccn1CCc1ccc(CCBr)cc1. The van der Waals surface area contributed by atoms with E-state index in [2.05, 4.69) is 40.2 Å². The maximum absolute atomic E-state index is 12.2. The number of pyridine rings is 1. The lowest BCUT2D eigenvalue weighted by Gasteiger charge is -2.09. The summed E-state index contributed by atoms with van der Waals surface area (Å²) in [5.41, 5.74) is 3.43. The quantitative estimate of drug-likeness (QED) is 0.531. The van der Waals surface area contributed by atoms with Crippen LogP contribution in [0.1, 0.15) is 16.7 Å². The molecule has 0 aliphatic rings. The van der Waals surface area contributed by atoms with Gasteiger partial charge in [0.2, 0.25) is 0 Å². The molecular weight excluding hydrogens is 382 g/mol. The second kappa shape index (κ2) is 8.72. The molecule has 3 aromatic rings. The summed E-state index contributed by atoms with van der Waals surface area (Å²) in [6, 6.07) is 13.7. The van der Waals surface area contributed by atoms with Gasteiger partial charge in [-0.2, -0.15) is 0 Å². The number of benzene rings is 1. The predicted molar refractivity (Wildman–Crippen MR) is 101 cm³/mol. The highest BCUT2D eigenvalue weighted by atomic mass is 79.9. The minimum absolute atomic E-state index is 0.0550. The summed E-state index contributed by atoms with van der Waals surface area (Å²) in [6.45, 7) is 1.04. The van der Waals surface area contributed by atoms with E-state index in [1.807, 2.05) is 12.1 Å². The molecule has 130 valence electrons. The van der Waals surface area contributed by atoms with Gasteiger partial charge in [-0.15, -0.1) is 0 Å². The Morgan fingerprint density at radius 2 is 1.76 bits per heavy atom. The van der Waals surface area contributed by atoms with Crippen molar-refractivity contribution in [2.75, 3.05) is 5.33 Å². The van der Waals surface area contributed by atoms with Crippen LogP contribution in [0.25, 0.3) is 0 Å². The average Bonchev–Trinajstić information content (AvgIpc) is 3.14. The Morgan fingerprint density at radius 3 is 2.40 bits per heavy atom. The van der Waals surface area contributed by atoms with E-state index in [9.17, 15) is 4.79 Å². The first kappa shape index (κ1) is 17.5. The largest absolute Gasteiger partial charge is 0.489 e. The van der Waals surface area contributed by atoms with Gasteiger partial charge in [-0.3, -0.25) is 4.79 Å². The van der Waals surface area contributed by atoms with Crippen LogP contribution in [0.5, 0.6) is 5.75 Å². The first-order valence-electron chi connectivity index (χ1n) is 8.23. The van der Waals surface area contributed by atoms with E-state index in [0.29, 0.717) is 18.9 Å². The lowest BCUT2D eigenvalue weighted by atomic mass is 10.1. The predicted octanol–water partition coefficient (Wildman–Crippen LogP) is 4.20. The number of nitrogens with zero attached hydrogens (tertiary/aromatic N) is 1. The maximum Gasteiger partial charge on any atom is 0.254 e. The summed E-state index contributed by atoms with van der Waals surface area (Å²) < 4.78 is 12.3. The van der Waals surface area contributed by atoms with Crippen LogP contribution in [-0.4, -0.2) is 9.90 Å². The number of rotatable bonds is 8. The second-order valence-electron chi connectivity index (χ2n) is 5.82. The molecule has 2 heterocycles. The molecule has 4 nitrogen and oxygen atoms in total. The van der Waals surface area contributed by atoms with Crippen molar-refractivity contribution < 1.29 is 9.15 Å². The highest BCUT2D eigenvalue weighted by molar-refractivity contribution is 9.09. The van der Waals surface area contributed by atoms with E-state index in [0.717, 1.165) is 23.7 Å². The van der Waals surface area contributed by atoms with Gasteiger partial charge in [-0.25, -0.2) is 0 Å². The van der Waals surface area contributed by atoms with Crippen LogP contribution < -0.4 is 10.3 Å². The van der Waals surface area contributed by atoms with Crippen molar-refractivity contribution in [3.63, 3.8) is 0 Å². The monoisotopic (exact) mass is 401 g/mol. The fraction of sp³-hybridized carbons (Fsp3) is 0.250. The molecule has 0 fully saturated rings. The highest BCUT2D eigenvalue weighted by Gasteiger charge is 2.02. The molecule has 0 saturated carbocycles. The number of furan rings is 1. The molecule has 1 aromatic carbocycles. The van der Waals surface area contributed by atoms with Crippen LogP contribution in [0.2, 0.25) is 0 Å². The maximum atomic E-state index is 12.2. The molecule has 0 amide bonds. The Labute approximate surface area is 155 Å². The fourth-order valence-electron chi connectivity index (χ4n) is 2.54. The third-order valence-corrected chi connectivity index (χ3v) is 4.40. The number of hydrogen-bond donors (Lipinski definition) is 0. The molecule has 0 aliphatic heterocycles. The number of alkyl halides is 1. The number of aromatic nitrogens is 1. The van der Waals surface area contributed by atoms with Gasteiger partial charge in [0.1, 0.15) is 12.4 Å². The Hall–Kier alpha value is -2.27. The summed E-state index contributed by atoms with van der Waals surface area (Å²) in [7, 11) is 0. The van der Waals surface area contributed by atoms with Crippen molar-refractivity contribution in [3.8, 4) is 5.75 Å². The van der Waals surface area contributed by atoms with Gasteiger partial charge in [0, 0.05) is 29.7 Å². The standard InChI is InChI=1S/C20H20BrNO3/c21-9-5-16-1-3-17(4-2-16)6-10-22-11-7-19(13-20(22)23)25-15-18-8-12-24-14-18/h1-4,7-8,11-14H,5-6,9-10,15H2. The first-order chi connectivity index (χ1) is 12.2. The zero-order valence-corrected chi connectivity index (χ0v) is 15.4. The lowest BCUT2D eigenvalue weighted by Crippen LogP contribution is -2.19. The third kappa shape index (κ3) is 5.10. The van der Waals surface area contributed by atoms with Gasteiger partial charge in [-0.1, -0.05) is 40.2 Å². The zero-order chi connectivity index (χ0) is 17.5. The molecule has 5 heteroatoms. The molecule has 0 unspecified atom stereocenters. The summed E-state index contributed by atoms with van der Waals surface area (Å²) >= 11 is 3.45. The summed E-state index contributed by atoms with van der Waals surface area (Å²) in [4.78, 5) is 12.2. The van der Waals surface area contributed by atoms with Crippen LogP contribution in [0, 0.1) is 0 Å². The molecule has 0 radical (unpaired) electrons. The zero-order valence-electron chi connectivity index (χ0n) is 13.9. The van der Waals surface area contributed by atoms with Crippen molar-refractivity contribution >= 4 is 15.9 Å². The van der Waals surface area contributed by atoms with Gasteiger partial charge in [0.25, 0.3) is 5.56 Å². The molecule has 0 N–H and O–H groups in total. The molecule has 0 bridgehead atoms. The second-order valence-corrected chi connectivity index (χ2v) is 6.61. The highest BCUT2D eigenvalue weighted by Crippen LogP contribution is 2.11. The Bertz CT molecular complexity index is 838. The van der Waals surface area contributed by atoms with E-state index < -0.39 is 0 Å². The molecule has 0 atom stereocenters. The van der Waals surface area contributed by atoms with Gasteiger partial charge in [-0.05, 0) is 36.1 Å². The Balaban J connectivity index is 1.56. The summed E-state index contributed by atoms with van der Waals surface area (Å²) in [5, 5.41) is 0.969. The van der Waals surface area contributed by atoms with E-state index in [-0.39, 0.29) is 5.56 Å². The summed E-state index contributed by atoms with van der Waals surface area (Å²) in [6.07, 6.45) is 6.86. The first-order valence-corrected chi connectivity index (χ1v) is 9.35. The van der Waals surface area contributed by atoms with Gasteiger partial charge in [0.15, 0.2) is 0 Å². The molecule has 3 rings (SSSR count). The van der Waals surface area contributed by atoms with Crippen LogP contribution >= 0.6 is 15.9 Å². The third-order valence-electron chi connectivity index (χ3n) is 4.00. The van der Waals surface area contributed by atoms with Gasteiger partial charge in [0.05, 0.1) is 12.5 Å². The van der Waals surface area contributed by atoms with Gasteiger partial charge >= 0.3 is 0 Å². The van der Waals surface area contributed by atoms with Crippen molar-refractivity contribution in [2.45, 2.75) is 26.0 Å². The van der Waals surface area contributed by atoms with E-state index in [1.54, 1.807) is 23.3 Å². The van der Waals surface area contributed by atoms with E-state index in [1.165, 1.54) is 17.2 Å². The van der Waals surface area contributed by atoms with E-state index >= 15 is 0 Å². The van der Waals surface area contributed by atoms with Gasteiger partial charge < -0.3 is 13.7 Å². The van der Waals surface area contributed by atoms with Crippen LogP contribution in [0.3, 0.4) is 0 Å². The number of aryl methyl sites for hydroxylation is 3. The summed E-state index contributed by atoms with van der Waals surface area (Å²) in [5.74, 6) is 0.571. The minimum atomic E-state index is -0.0550. The van der Waals surface area contributed by atoms with Crippen molar-refractivity contribution in [2.24, 2.45) is 0 Å². The van der Waals surface area contributed by atoms with E-state index in [4.69, 9.17) is 9.15 Å². The molecule has 0 aliphatic carbocycles. The van der Waals surface area contributed by atoms with Crippen molar-refractivity contribution in [1.82, 2.24) is 4.57 Å². The number of hydrogen-bond acceptors (Lipinski definition) is 3. The Kier molecular flexibility index (Phi) is 6.12. The molecular formula is C20H20BrNO3.